The Bertz CT molecular complexity index is 1620. The van der Waals surface area contributed by atoms with Crippen LogP contribution in [0.1, 0.15) is 33.2 Å². The second-order valence-electron chi connectivity index (χ2n) is 9.10. The van der Waals surface area contributed by atoms with Gasteiger partial charge < -0.3 is 21.7 Å². The van der Waals surface area contributed by atoms with E-state index in [9.17, 15) is 19.2 Å². The SMILES string of the molecule is CC(Sc1ccc(NC(=O)/C(=C/c2cccc(Cl)c2)NC(=O)c2ccccc2)cc1)C(=O)Nc1ccc(C(N)=O)cc1. The minimum atomic E-state index is -0.540. The maximum atomic E-state index is 13.2. The van der Waals surface area contributed by atoms with Crippen LogP contribution < -0.4 is 21.7 Å². The minimum Gasteiger partial charge on any atom is -0.366 e. The number of halogens is 1. The third kappa shape index (κ3) is 8.57. The standard InChI is InChI=1S/C32H27ClN4O4S/c1-20(30(39)35-25-12-10-22(11-13-25)29(34)38)42-27-16-14-26(15-17-27)36-32(41)28(19-21-6-5-9-24(33)18-21)37-31(40)23-7-3-2-4-8-23/h2-20H,1H3,(H2,34,38)(H,35,39)(H,36,41)(H,37,40)/b28-19-. The first-order chi connectivity index (χ1) is 20.2. The number of primary amides is 1. The zero-order valence-electron chi connectivity index (χ0n) is 22.5. The lowest BCUT2D eigenvalue weighted by Gasteiger charge is -2.14. The average molecular weight is 599 g/mol. The third-order valence-corrected chi connectivity index (χ3v) is 7.27. The molecule has 0 radical (unpaired) electrons. The molecule has 4 aromatic carbocycles. The fourth-order valence-electron chi connectivity index (χ4n) is 3.74. The molecular formula is C32H27ClN4O4S. The van der Waals surface area contributed by atoms with Crippen molar-refractivity contribution in [3.05, 3.63) is 131 Å². The van der Waals surface area contributed by atoms with Crippen molar-refractivity contribution in [1.82, 2.24) is 5.32 Å². The number of rotatable bonds is 10. The fraction of sp³-hybridized carbons (Fsp3) is 0.0625. The van der Waals surface area contributed by atoms with Gasteiger partial charge in [0.25, 0.3) is 11.8 Å². The van der Waals surface area contributed by atoms with E-state index in [0.29, 0.717) is 33.1 Å². The van der Waals surface area contributed by atoms with Gasteiger partial charge in [0.05, 0.1) is 5.25 Å². The average Bonchev–Trinajstić information content (AvgIpc) is 2.98. The molecule has 4 amide bonds. The van der Waals surface area contributed by atoms with Gasteiger partial charge in [0.2, 0.25) is 11.8 Å². The summed E-state index contributed by atoms with van der Waals surface area (Å²) in [6.45, 7) is 1.77. The maximum Gasteiger partial charge on any atom is 0.272 e. The van der Waals surface area contributed by atoms with E-state index in [-0.39, 0.29) is 11.6 Å². The lowest BCUT2D eigenvalue weighted by atomic mass is 10.1. The Labute approximate surface area is 252 Å². The van der Waals surface area contributed by atoms with Gasteiger partial charge in [0.1, 0.15) is 5.70 Å². The molecule has 0 saturated carbocycles. The van der Waals surface area contributed by atoms with E-state index >= 15 is 0 Å². The number of hydrogen-bond donors (Lipinski definition) is 4. The van der Waals surface area contributed by atoms with Gasteiger partial charge in [0, 0.05) is 32.4 Å². The number of nitrogens with one attached hydrogen (secondary N) is 3. The van der Waals surface area contributed by atoms with Crippen LogP contribution in [0, 0.1) is 0 Å². The molecular weight excluding hydrogens is 572 g/mol. The van der Waals surface area contributed by atoms with Gasteiger partial charge in [-0.2, -0.15) is 0 Å². The zero-order valence-corrected chi connectivity index (χ0v) is 24.0. The Kier molecular flexibility index (Phi) is 10.1. The van der Waals surface area contributed by atoms with Crippen LogP contribution in [0.25, 0.3) is 6.08 Å². The lowest BCUT2D eigenvalue weighted by Crippen LogP contribution is -2.30. The molecule has 0 fully saturated rings. The highest BCUT2D eigenvalue weighted by Gasteiger charge is 2.17. The number of anilines is 2. The van der Waals surface area contributed by atoms with Gasteiger partial charge >= 0.3 is 0 Å². The monoisotopic (exact) mass is 598 g/mol. The Morgan fingerprint density at radius 2 is 1.43 bits per heavy atom. The molecule has 4 rings (SSSR count). The number of hydrogen-bond acceptors (Lipinski definition) is 5. The lowest BCUT2D eigenvalue weighted by molar-refractivity contribution is -0.115. The molecule has 10 heteroatoms. The number of carbonyl (C=O) groups excluding carboxylic acids is 4. The fourth-order valence-corrected chi connectivity index (χ4v) is 4.81. The van der Waals surface area contributed by atoms with E-state index in [1.807, 2.05) is 0 Å². The number of nitrogens with two attached hydrogens (primary N) is 1. The van der Waals surface area contributed by atoms with Gasteiger partial charge in [-0.3, -0.25) is 19.2 Å². The van der Waals surface area contributed by atoms with Crippen molar-refractivity contribution in [2.75, 3.05) is 10.6 Å². The van der Waals surface area contributed by atoms with E-state index < -0.39 is 23.0 Å². The van der Waals surface area contributed by atoms with Crippen molar-refractivity contribution in [3.8, 4) is 0 Å². The van der Waals surface area contributed by atoms with Crippen molar-refractivity contribution in [1.29, 1.82) is 0 Å². The molecule has 4 aromatic rings. The predicted octanol–water partition coefficient (Wildman–Crippen LogP) is 5.97. The number of carbonyl (C=O) groups is 4. The molecule has 5 N–H and O–H groups in total. The summed E-state index contributed by atoms with van der Waals surface area (Å²) in [5, 5.41) is 8.38. The van der Waals surface area contributed by atoms with Gasteiger partial charge in [0.15, 0.2) is 0 Å². The smallest absolute Gasteiger partial charge is 0.272 e. The topological polar surface area (TPSA) is 130 Å². The minimum absolute atomic E-state index is 0.0405. The summed E-state index contributed by atoms with van der Waals surface area (Å²) in [7, 11) is 0. The van der Waals surface area contributed by atoms with Crippen molar-refractivity contribution < 1.29 is 19.2 Å². The van der Waals surface area contributed by atoms with Crippen molar-refractivity contribution >= 4 is 64.4 Å². The highest BCUT2D eigenvalue weighted by molar-refractivity contribution is 8.00. The predicted molar refractivity (Wildman–Crippen MR) is 167 cm³/mol. The molecule has 1 atom stereocenters. The molecule has 42 heavy (non-hydrogen) atoms. The van der Waals surface area contributed by atoms with Crippen LogP contribution in [0.4, 0.5) is 11.4 Å². The van der Waals surface area contributed by atoms with Crippen LogP contribution in [-0.4, -0.2) is 28.9 Å². The van der Waals surface area contributed by atoms with Crippen molar-refractivity contribution in [3.63, 3.8) is 0 Å². The van der Waals surface area contributed by atoms with E-state index in [2.05, 4.69) is 16.0 Å². The van der Waals surface area contributed by atoms with Crippen molar-refractivity contribution in [2.45, 2.75) is 17.1 Å². The third-order valence-electron chi connectivity index (χ3n) is 5.92. The zero-order chi connectivity index (χ0) is 30.1. The van der Waals surface area contributed by atoms with Crippen LogP contribution in [0.15, 0.2) is 114 Å². The van der Waals surface area contributed by atoms with E-state index in [1.165, 1.54) is 11.8 Å². The Balaban J connectivity index is 1.41. The molecule has 8 nitrogen and oxygen atoms in total. The normalized spacial score (nSPS) is 11.7. The molecule has 0 spiro atoms. The number of thioether (sulfide) groups is 1. The molecule has 0 aromatic heterocycles. The van der Waals surface area contributed by atoms with Gasteiger partial charge in [-0.15, -0.1) is 11.8 Å². The molecule has 0 aliphatic rings. The van der Waals surface area contributed by atoms with Crippen molar-refractivity contribution in [2.24, 2.45) is 5.73 Å². The molecule has 0 aliphatic heterocycles. The Morgan fingerprint density at radius 1 is 0.786 bits per heavy atom. The van der Waals surface area contributed by atoms with Gasteiger partial charge in [-0.25, -0.2) is 0 Å². The van der Waals surface area contributed by atoms with E-state index in [1.54, 1.807) is 116 Å². The first-order valence-electron chi connectivity index (χ1n) is 12.8. The first kappa shape index (κ1) is 30.1. The quantitative estimate of drug-likeness (QED) is 0.132. The largest absolute Gasteiger partial charge is 0.366 e. The van der Waals surface area contributed by atoms with Crippen LogP contribution in [-0.2, 0) is 9.59 Å². The second kappa shape index (κ2) is 14.2. The highest BCUT2D eigenvalue weighted by atomic mass is 35.5. The Hall–Kier alpha value is -4.86. The summed E-state index contributed by atoms with van der Waals surface area (Å²) in [6, 6.07) is 28.8. The molecule has 0 aliphatic carbocycles. The number of amides is 4. The van der Waals surface area contributed by atoms with Gasteiger partial charge in [-0.1, -0.05) is 41.9 Å². The van der Waals surface area contributed by atoms with Crippen LogP contribution >= 0.6 is 23.4 Å². The second-order valence-corrected chi connectivity index (χ2v) is 11.0. The maximum absolute atomic E-state index is 13.2. The summed E-state index contributed by atoms with van der Waals surface area (Å²) in [5.41, 5.74) is 7.75. The molecule has 0 saturated heterocycles. The molecule has 0 bridgehead atoms. The van der Waals surface area contributed by atoms with Gasteiger partial charge in [-0.05, 0) is 91.4 Å². The molecule has 0 heterocycles. The number of benzene rings is 4. The summed E-state index contributed by atoms with van der Waals surface area (Å²) in [6.07, 6.45) is 1.55. The van der Waals surface area contributed by atoms with Crippen LogP contribution in [0.3, 0.4) is 0 Å². The van der Waals surface area contributed by atoms with Crippen LogP contribution in [0.2, 0.25) is 5.02 Å². The Morgan fingerprint density at radius 3 is 2.07 bits per heavy atom. The summed E-state index contributed by atoms with van der Waals surface area (Å²) >= 11 is 7.45. The highest BCUT2D eigenvalue weighted by Crippen LogP contribution is 2.26. The van der Waals surface area contributed by atoms with E-state index in [4.69, 9.17) is 17.3 Å². The summed E-state index contributed by atoms with van der Waals surface area (Å²) < 4.78 is 0. The van der Waals surface area contributed by atoms with E-state index in [0.717, 1.165) is 4.90 Å². The molecule has 212 valence electrons. The first-order valence-corrected chi connectivity index (χ1v) is 14.1. The summed E-state index contributed by atoms with van der Waals surface area (Å²) in [4.78, 5) is 50.8. The van der Waals surface area contributed by atoms with Crippen LogP contribution in [0.5, 0.6) is 0 Å². The molecule has 1 unspecified atom stereocenters. The summed E-state index contributed by atoms with van der Waals surface area (Å²) in [5.74, 6) is -1.70.